The quantitative estimate of drug-likeness (QED) is 0.733. The molecule has 6 nitrogen and oxygen atoms in total. The van der Waals surface area contributed by atoms with Gasteiger partial charge < -0.3 is 19.7 Å². The van der Waals surface area contributed by atoms with Gasteiger partial charge in [-0.15, -0.1) is 0 Å². The number of likely N-dealkylation sites (tertiary alicyclic amines) is 1. The van der Waals surface area contributed by atoms with Crippen LogP contribution in [0.25, 0.3) is 0 Å². The van der Waals surface area contributed by atoms with Crippen LogP contribution in [0.1, 0.15) is 39.5 Å². The van der Waals surface area contributed by atoms with Crippen LogP contribution in [0.4, 0.5) is 0 Å². The molecule has 6 heteroatoms. The summed E-state index contributed by atoms with van der Waals surface area (Å²) >= 11 is 0. The van der Waals surface area contributed by atoms with Crippen LogP contribution in [0.5, 0.6) is 11.5 Å². The van der Waals surface area contributed by atoms with Crippen molar-refractivity contribution in [1.82, 2.24) is 10.2 Å². The highest BCUT2D eigenvalue weighted by Crippen LogP contribution is 2.19. The molecule has 0 aliphatic carbocycles. The molecule has 1 aliphatic heterocycles. The fourth-order valence-corrected chi connectivity index (χ4v) is 2.87. The van der Waals surface area contributed by atoms with Gasteiger partial charge in [0.15, 0.2) is 6.61 Å². The molecule has 1 aliphatic rings. The number of nitrogens with zero attached hydrogens (tertiary/aromatic N) is 1. The van der Waals surface area contributed by atoms with Gasteiger partial charge in [-0.05, 0) is 49.9 Å². The van der Waals surface area contributed by atoms with Crippen LogP contribution >= 0.6 is 0 Å². The third-order valence-corrected chi connectivity index (χ3v) is 4.43. The zero-order valence-electron chi connectivity index (χ0n) is 15.8. The van der Waals surface area contributed by atoms with E-state index in [1.165, 1.54) is 0 Å². The Morgan fingerprint density at radius 3 is 2.23 bits per heavy atom. The predicted molar refractivity (Wildman–Crippen MR) is 100 cm³/mol. The van der Waals surface area contributed by atoms with Crippen LogP contribution in [-0.2, 0) is 9.59 Å². The summed E-state index contributed by atoms with van der Waals surface area (Å²) in [5.74, 6) is 1.54. The molecule has 0 saturated carbocycles. The molecule has 1 aromatic carbocycles. The van der Waals surface area contributed by atoms with E-state index in [1.807, 2.05) is 31.2 Å². The van der Waals surface area contributed by atoms with Crippen molar-refractivity contribution in [3.05, 3.63) is 24.3 Å². The number of piperidine rings is 1. The van der Waals surface area contributed by atoms with Crippen molar-refractivity contribution < 1.29 is 19.1 Å². The Hall–Kier alpha value is -2.24. The van der Waals surface area contributed by atoms with Gasteiger partial charge in [0, 0.05) is 25.6 Å². The number of hydrogen-bond donors (Lipinski definition) is 1. The average molecular weight is 362 g/mol. The van der Waals surface area contributed by atoms with Crippen LogP contribution in [0.15, 0.2) is 24.3 Å². The highest BCUT2D eigenvalue weighted by Gasteiger charge is 2.27. The predicted octanol–water partition coefficient (Wildman–Crippen LogP) is 2.62. The van der Waals surface area contributed by atoms with Gasteiger partial charge in [0.05, 0.1) is 6.61 Å². The van der Waals surface area contributed by atoms with E-state index in [9.17, 15) is 9.59 Å². The number of amides is 2. The summed E-state index contributed by atoms with van der Waals surface area (Å²) in [5.41, 5.74) is 0. The molecule has 1 heterocycles. The summed E-state index contributed by atoms with van der Waals surface area (Å²) in [4.78, 5) is 26.1. The Balaban J connectivity index is 1.71. The van der Waals surface area contributed by atoms with E-state index < -0.39 is 0 Å². The molecule has 0 aromatic heterocycles. The lowest BCUT2D eigenvalue weighted by Gasteiger charge is -2.31. The minimum absolute atomic E-state index is 0.0157. The number of hydrogen-bond acceptors (Lipinski definition) is 4. The lowest BCUT2D eigenvalue weighted by atomic mass is 9.96. The SMILES string of the molecule is CCCNC(=O)C1CCN(C(=O)COc2ccc(OCCC)cc2)CC1. The minimum Gasteiger partial charge on any atom is -0.494 e. The third kappa shape index (κ3) is 6.24. The number of ether oxygens (including phenoxy) is 2. The molecular formula is C20H30N2O4. The van der Waals surface area contributed by atoms with E-state index in [0.717, 1.165) is 18.6 Å². The van der Waals surface area contributed by atoms with E-state index in [0.29, 0.717) is 44.8 Å². The maximum atomic E-state index is 12.3. The van der Waals surface area contributed by atoms with Gasteiger partial charge in [0.1, 0.15) is 11.5 Å². The van der Waals surface area contributed by atoms with Gasteiger partial charge in [-0.1, -0.05) is 13.8 Å². The minimum atomic E-state index is -0.0382. The van der Waals surface area contributed by atoms with E-state index in [-0.39, 0.29) is 24.3 Å². The van der Waals surface area contributed by atoms with Crippen molar-refractivity contribution in [3.8, 4) is 11.5 Å². The van der Waals surface area contributed by atoms with Crippen LogP contribution < -0.4 is 14.8 Å². The molecule has 26 heavy (non-hydrogen) atoms. The number of carbonyl (C=O) groups excluding carboxylic acids is 2. The lowest BCUT2D eigenvalue weighted by molar-refractivity contribution is -0.137. The van der Waals surface area contributed by atoms with Crippen LogP contribution in [0.2, 0.25) is 0 Å². The van der Waals surface area contributed by atoms with E-state index in [4.69, 9.17) is 9.47 Å². The molecule has 2 amide bonds. The molecule has 1 aromatic rings. The smallest absolute Gasteiger partial charge is 0.260 e. The molecular weight excluding hydrogens is 332 g/mol. The Bertz CT molecular complexity index is 566. The highest BCUT2D eigenvalue weighted by molar-refractivity contribution is 5.80. The molecule has 1 N–H and O–H groups in total. The monoisotopic (exact) mass is 362 g/mol. The lowest BCUT2D eigenvalue weighted by Crippen LogP contribution is -2.44. The second kappa shape index (κ2) is 10.7. The van der Waals surface area contributed by atoms with Gasteiger partial charge >= 0.3 is 0 Å². The van der Waals surface area contributed by atoms with Gasteiger partial charge in [0.2, 0.25) is 5.91 Å². The first-order valence-corrected chi connectivity index (χ1v) is 9.55. The van der Waals surface area contributed by atoms with E-state index in [1.54, 1.807) is 4.90 Å². The summed E-state index contributed by atoms with van der Waals surface area (Å²) in [7, 11) is 0. The third-order valence-electron chi connectivity index (χ3n) is 4.43. The molecule has 0 atom stereocenters. The number of nitrogens with one attached hydrogen (secondary N) is 1. The van der Waals surface area contributed by atoms with E-state index in [2.05, 4.69) is 12.2 Å². The zero-order chi connectivity index (χ0) is 18.8. The fourth-order valence-electron chi connectivity index (χ4n) is 2.87. The second-order valence-electron chi connectivity index (χ2n) is 6.55. The van der Waals surface area contributed by atoms with Crippen molar-refractivity contribution in [1.29, 1.82) is 0 Å². The first kappa shape index (κ1) is 20.1. The Labute approximate surface area is 155 Å². The molecule has 0 unspecified atom stereocenters. The van der Waals surface area contributed by atoms with Gasteiger partial charge in [-0.2, -0.15) is 0 Å². The van der Waals surface area contributed by atoms with Crippen LogP contribution in [0, 0.1) is 5.92 Å². The topological polar surface area (TPSA) is 67.9 Å². The summed E-state index contributed by atoms with van der Waals surface area (Å²) in [6, 6.07) is 7.30. The van der Waals surface area contributed by atoms with Gasteiger partial charge in [-0.3, -0.25) is 9.59 Å². The Kier molecular flexibility index (Phi) is 8.25. The maximum absolute atomic E-state index is 12.3. The normalized spacial score (nSPS) is 14.8. The Morgan fingerprint density at radius 1 is 1.04 bits per heavy atom. The summed E-state index contributed by atoms with van der Waals surface area (Å²) in [5, 5.41) is 2.93. The van der Waals surface area contributed by atoms with Gasteiger partial charge in [-0.25, -0.2) is 0 Å². The van der Waals surface area contributed by atoms with Gasteiger partial charge in [0.25, 0.3) is 5.91 Å². The van der Waals surface area contributed by atoms with Crippen molar-refractivity contribution in [2.45, 2.75) is 39.5 Å². The van der Waals surface area contributed by atoms with Crippen molar-refractivity contribution in [3.63, 3.8) is 0 Å². The first-order chi connectivity index (χ1) is 12.6. The summed E-state index contributed by atoms with van der Waals surface area (Å²) < 4.78 is 11.1. The average Bonchev–Trinajstić information content (AvgIpc) is 2.69. The summed E-state index contributed by atoms with van der Waals surface area (Å²) in [6.07, 6.45) is 3.32. The van der Waals surface area contributed by atoms with Crippen LogP contribution in [-0.4, -0.2) is 49.6 Å². The number of benzene rings is 1. The molecule has 2 rings (SSSR count). The highest BCUT2D eigenvalue weighted by atomic mass is 16.5. The number of carbonyl (C=O) groups is 2. The number of rotatable bonds is 9. The first-order valence-electron chi connectivity index (χ1n) is 9.55. The molecule has 1 fully saturated rings. The zero-order valence-corrected chi connectivity index (χ0v) is 15.8. The molecule has 0 spiro atoms. The molecule has 0 radical (unpaired) electrons. The standard InChI is InChI=1S/C20H30N2O4/c1-3-11-21-20(24)16-9-12-22(13-10-16)19(23)15-26-18-7-5-17(6-8-18)25-14-4-2/h5-8,16H,3-4,9-15H2,1-2H3,(H,21,24). The van der Waals surface area contributed by atoms with Crippen LogP contribution in [0.3, 0.4) is 0 Å². The Morgan fingerprint density at radius 2 is 1.65 bits per heavy atom. The maximum Gasteiger partial charge on any atom is 0.260 e. The largest absolute Gasteiger partial charge is 0.494 e. The van der Waals surface area contributed by atoms with E-state index >= 15 is 0 Å². The molecule has 1 saturated heterocycles. The summed E-state index contributed by atoms with van der Waals surface area (Å²) in [6.45, 7) is 6.73. The fraction of sp³-hybridized carbons (Fsp3) is 0.600. The van der Waals surface area contributed by atoms with Crippen molar-refractivity contribution >= 4 is 11.8 Å². The molecule has 144 valence electrons. The second-order valence-corrected chi connectivity index (χ2v) is 6.55. The van der Waals surface area contributed by atoms with Crippen molar-refractivity contribution in [2.24, 2.45) is 5.92 Å². The molecule has 0 bridgehead atoms. The van der Waals surface area contributed by atoms with Crippen molar-refractivity contribution in [2.75, 3.05) is 32.8 Å².